The Morgan fingerprint density at radius 3 is 2.19 bits per heavy atom. The van der Waals surface area contributed by atoms with Crippen LogP contribution in [0.15, 0.2) is 36.4 Å². The lowest BCUT2D eigenvalue weighted by Gasteiger charge is -2.20. The molecule has 1 aliphatic heterocycles. The average molecular weight is 530 g/mol. The maximum absolute atomic E-state index is 12.4. The smallest absolute Gasteiger partial charge is 0.303 e. The van der Waals surface area contributed by atoms with Gasteiger partial charge in [-0.25, -0.2) is 0 Å². The number of hydrogen-bond acceptors (Lipinski definition) is 5. The summed E-state index contributed by atoms with van der Waals surface area (Å²) < 4.78 is 0. The maximum atomic E-state index is 12.4. The Hall–Kier alpha value is -3.10. The van der Waals surface area contributed by atoms with Crippen molar-refractivity contribution in [1.82, 2.24) is 5.32 Å². The second kappa shape index (κ2) is 14.6. The molecule has 2 aliphatic rings. The normalized spacial score (nSPS) is 15.4. The van der Waals surface area contributed by atoms with Crippen molar-refractivity contribution in [2.24, 2.45) is 5.92 Å². The van der Waals surface area contributed by atoms with Crippen LogP contribution in [0.4, 0.5) is 11.4 Å². The topological polar surface area (TPSA) is 128 Å². The Balaban J connectivity index is 0.000000414. The van der Waals surface area contributed by atoms with Crippen molar-refractivity contribution < 1.29 is 24.6 Å². The molecule has 0 spiro atoms. The van der Waals surface area contributed by atoms with Gasteiger partial charge in [-0.3, -0.25) is 14.4 Å². The summed E-state index contributed by atoms with van der Waals surface area (Å²) in [5.74, 6) is -1.81. The average Bonchev–Trinajstić information content (AvgIpc) is 3.14. The summed E-state index contributed by atoms with van der Waals surface area (Å²) in [6.45, 7) is 2.71. The van der Waals surface area contributed by atoms with Crippen molar-refractivity contribution in [2.75, 3.05) is 23.7 Å². The molecule has 0 saturated heterocycles. The molecule has 1 amide bonds. The van der Waals surface area contributed by atoms with E-state index in [1.165, 1.54) is 36.0 Å². The number of carbonyl (C=O) groups excluding carboxylic acids is 1. The van der Waals surface area contributed by atoms with E-state index in [4.69, 9.17) is 21.8 Å². The van der Waals surface area contributed by atoms with Crippen LogP contribution in [0.5, 0.6) is 0 Å². The maximum Gasteiger partial charge on any atom is 0.303 e. The Bertz CT molecular complexity index is 1050. The van der Waals surface area contributed by atoms with Crippen molar-refractivity contribution >= 4 is 40.8 Å². The molecule has 2 aromatic rings. The van der Waals surface area contributed by atoms with E-state index in [0.29, 0.717) is 6.54 Å². The molecular weight excluding hydrogens is 494 g/mol. The zero-order valence-corrected chi connectivity index (χ0v) is 21.8. The molecule has 37 heavy (non-hydrogen) atoms. The van der Waals surface area contributed by atoms with Gasteiger partial charge in [-0.2, -0.15) is 0 Å². The zero-order valence-electron chi connectivity index (χ0n) is 21.0. The first-order chi connectivity index (χ1) is 17.8. The van der Waals surface area contributed by atoms with Gasteiger partial charge in [0, 0.05) is 18.2 Å². The van der Waals surface area contributed by atoms with E-state index in [0.717, 1.165) is 55.2 Å². The lowest BCUT2D eigenvalue weighted by Crippen LogP contribution is -2.24. The van der Waals surface area contributed by atoms with Crippen LogP contribution in [0.25, 0.3) is 0 Å². The number of carbonyl (C=O) groups is 3. The number of carboxylic acid groups (broad SMARTS) is 2. The first kappa shape index (κ1) is 28.5. The molecule has 200 valence electrons. The highest BCUT2D eigenvalue weighted by atomic mass is 35.5. The molecule has 1 saturated carbocycles. The minimum atomic E-state index is -1.08. The van der Waals surface area contributed by atoms with Crippen molar-refractivity contribution in [3.63, 3.8) is 0 Å². The molecule has 1 aliphatic carbocycles. The highest BCUT2D eigenvalue weighted by molar-refractivity contribution is 6.33. The van der Waals surface area contributed by atoms with E-state index in [9.17, 15) is 14.4 Å². The highest BCUT2D eigenvalue weighted by Crippen LogP contribution is 2.31. The van der Waals surface area contributed by atoms with Crippen molar-refractivity contribution in [2.45, 2.75) is 64.3 Å². The first-order valence-electron chi connectivity index (χ1n) is 12.9. The number of fused-ring (bicyclic) bond motifs is 1. The van der Waals surface area contributed by atoms with Gasteiger partial charge >= 0.3 is 11.9 Å². The number of benzene rings is 2. The molecule has 0 radical (unpaired) electrons. The number of amides is 1. The van der Waals surface area contributed by atoms with Gasteiger partial charge in [0.2, 0.25) is 5.91 Å². The molecule has 9 heteroatoms. The van der Waals surface area contributed by atoms with Gasteiger partial charge in [0.15, 0.2) is 0 Å². The third kappa shape index (κ3) is 9.37. The minimum Gasteiger partial charge on any atom is -0.481 e. The van der Waals surface area contributed by atoms with E-state index in [1.54, 1.807) is 0 Å². The monoisotopic (exact) mass is 529 g/mol. The van der Waals surface area contributed by atoms with E-state index >= 15 is 0 Å². The summed E-state index contributed by atoms with van der Waals surface area (Å²) in [4.78, 5) is 31.7. The van der Waals surface area contributed by atoms with E-state index < -0.39 is 11.9 Å². The van der Waals surface area contributed by atoms with Crippen molar-refractivity contribution in [1.29, 1.82) is 0 Å². The second-order valence-corrected chi connectivity index (χ2v) is 9.88. The van der Waals surface area contributed by atoms with Crippen LogP contribution in [-0.4, -0.2) is 41.1 Å². The van der Waals surface area contributed by atoms with Crippen LogP contribution in [0.1, 0.15) is 61.6 Å². The van der Waals surface area contributed by atoms with Gasteiger partial charge in [0.05, 0.1) is 23.6 Å². The Kier molecular flexibility index (Phi) is 11.2. The van der Waals surface area contributed by atoms with Crippen LogP contribution < -0.4 is 16.0 Å². The lowest BCUT2D eigenvalue weighted by molar-refractivity contribution is -0.143. The minimum absolute atomic E-state index is 0.169. The number of rotatable bonds is 8. The standard InChI is InChI=1S/C24H30ClN3O.C4H6O4/c25-22-11-8-18-12-14-26-15-13-21(18)23(22)27-16-17-6-9-20(10-7-17)28-24(29)19-4-2-1-3-5-19;5-3(6)1-2-4(7)8/h6-11,19,26-27H,1-5,12-16H2,(H,28,29);1-2H2,(H,5,6)(H,7,8). The van der Waals surface area contributed by atoms with Gasteiger partial charge in [-0.05, 0) is 73.7 Å². The first-order valence-corrected chi connectivity index (χ1v) is 13.3. The predicted octanol–water partition coefficient (Wildman–Crippen LogP) is 5.09. The fourth-order valence-corrected chi connectivity index (χ4v) is 4.90. The molecule has 0 unspecified atom stereocenters. The van der Waals surface area contributed by atoms with Crippen molar-refractivity contribution in [3.05, 3.63) is 58.1 Å². The second-order valence-electron chi connectivity index (χ2n) is 9.47. The number of halogens is 1. The number of hydrogen-bond donors (Lipinski definition) is 5. The number of aliphatic carboxylic acids is 2. The molecular formula is C28H36ClN3O5. The molecule has 0 atom stereocenters. The summed E-state index contributed by atoms with van der Waals surface area (Å²) in [5, 5.41) is 26.7. The largest absolute Gasteiger partial charge is 0.481 e. The van der Waals surface area contributed by atoms with Crippen LogP contribution in [-0.2, 0) is 33.8 Å². The molecule has 2 aromatic carbocycles. The van der Waals surface area contributed by atoms with E-state index in [1.807, 2.05) is 18.2 Å². The highest BCUT2D eigenvalue weighted by Gasteiger charge is 2.21. The fourth-order valence-electron chi connectivity index (χ4n) is 4.65. The fraction of sp³-hybridized carbons (Fsp3) is 0.464. The summed E-state index contributed by atoms with van der Waals surface area (Å²) >= 11 is 6.51. The molecule has 0 aromatic heterocycles. The number of anilines is 2. The van der Waals surface area contributed by atoms with Crippen molar-refractivity contribution in [3.8, 4) is 0 Å². The van der Waals surface area contributed by atoms with Gasteiger partial charge in [-0.1, -0.05) is 49.1 Å². The third-order valence-electron chi connectivity index (χ3n) is 6.70. The SMILES string of the molecule is O=C(Nc1ccc(CNc2c(Cl)ccc3c2CCNCC3)cc1)C1CCCCC1.O=C(O)CCC(=O)O. The van der Waals surface area contributed by atoms with Crippen LogP contribution in [0, 0.1) is 5.92 Å². The molecule has 5 N–H and O–H groups in total. The van der Waals surface area contributed by atoms with Gasteiger partial charge in [0.25, 0.3) is 0 Å². The number of carboxylic acids is 2. The summed E-state index contributed by atoms with van der Waals surface area (Å²) in [5.41, 5.74) is 5.81. The third-order valence-corrected chi connectivity index (χ3v) is 7.02. The van der Waals surface area contributed by atoms with Crippen LogP contribution in [0.3, 0.4) is 0 Å². The van der Waals surface area contributed by atoms with Gasteiger partial charge in [0.1, 0.15) is 0 Å². The molecule has 1 fully saturated rings. The molecule has 8 nitrogen and oxygen atoms in total. The van der Waals surface area contributed by atoms with Gasteiger partial charge < -0.3 is 26.2 Å². The Morgan fingerprint density at radius 1 is 0.892 bits per heavy atom. The molecule has 4 rings (SSSR count). The van der Waals surface area contributed by atoms with Crippen LogP contribution in [0.2, 0.25) is 5.02 Å². The molecule has 1 heterocycles. The summed E-state index contributed by atoms with van der Waals surface area (Å²) in [7, 11) is 0. The summed E-state index contributed by atoms with van der Waals surface area (Å²) in [6.07, 6.45) is 7.08. The quantitative estimate of drug-likeness (QED) is 0.322. The van der Waals surface area contributed by atoms with Crippen LogP contribution >= 0.6 is 11.6 Å². The predicted molar refractivity (Wildman–Crippen MR) is 145 cm³/mol. The van der Waals surface area contributed by atoms with E-state index in [-0.39, 0.29) is 24.7 Å². The Morgan fingerprint density at radius 2 is 1.54 bits per heavy atom. The zero-order chi connectivity index (χ0) is 26.6. The number of nitrogens with one attached hydrogen (secondary N) is 3. The van der Waals surface area contributed by atoms with Gasteiger partial charge in [-0.15, -0.1) is 0 Å². The summed E-state index contributed by atoms with van der Waals surface area (Å²) in [6, 6.07) is 12.3. The van der Waals surface area contributed by atoms with E-state index in [2.05, 4.69) is 34.1 Å². The lowest BCUT2D eigenvalue weighted by atomic mass is 9.88. The molecule has 0 bridgehead atoms. The Labute approximate surface area is 222 Å².